The lowest BCUT2D eigenvalue weighted by Gasteiger charge is -2.13. The largest absolute Gasteiger partial charge is 0.395 e. The number of hydrogen-bond acceptors (Lipinski definition) is 3. The van der Waals surface area contributed by atoms with Crippen LogP contribution in [0.25, 0.3) is 0 Å². The molecule has 0 spiro atoms. The highest BCUT2D eigenvalue weighted by atomic mass is 32.2. The summed E-state index contributed by atoms with van der Waals surface area (Å²) in [6.45, 7) is 7.72. The molecule has 0 heterocycles. The summed E-state index contributed by atoms with van der Waals surface area (Å²) < 4.78 is 0. The van der Waals surface area contributed by atoms with Gasteiger partial charge in [-0.05, 0) is 25.6 Å². The van der Waals surface area contributed by atoms with E-state index in [1.54, 1.807) is 0 Å². The summed E-state index contributed by atoms with van der Waals surface area (Å²) in [5.74, 6) is 1.13. The van der Waals surface area contributed by atoms with Crippen LogP contribution in [-0.2, 0) is 0 Å². The van der Waals surface area contributed by atoms with E-state index >= 15 is 0 Å². The smallest absolute Gasteiger partial charge is 0.0547 e. The maximum atomic E-state index is 8.77. The topological polar surface area (TPSA) is 32.3 Å². The van der Waals surface area contributed by atoms with E-state index in [1.807, 2.05) is 11.8 Å². The second-order valence-corrected chi connectivity index (χ2v) is 4.66. The summed E-state index contributed by atoms with van der Waals surface area (Å²) in [6.07, 6.45) is 1.18. The summed E-state index contributed by atoms with van der Waals surface area (Å²) in [4.78, 5) is 0. The first-order chi connectivity index (χ1) is 5.70. The average molecular weight is 191 g/mol. The molecule has 0 bridgehead atoms. The van der Waals surface area contributed by atoms with E-state index in [1.165, 1.54) is 6.42 Å². The quantitative estimate of drug-likeness (QED) is 0.639. The van der Waals surface area contributed by atoms with Crippen LogP contribution >= 0.6 is 11.8 Å². The van der Waals surface area contributed by atoms with Gasteiger partial charge in [0.25, 0.3) is 0 Å². The molecule has 0 amide bonds. The molecular weight excluding hydrogens is 170 g/mol. The first-order valence-corrected chi connectivity index (χ1v) is 5.71. The Kier molecular flexibility index (Phi) is 8.07. The molecular formula is C9H21NOS. The second kappa shape index (κ2) is 7.90. The van der Waals surface area contributed by atoms with Crippen LogP contribution in [0.5, 0.6) is 0 Å². The van der Waals surface area contributed by atoms with Crippen LogP contribution in [0.4, 0.5) is 0 Å². The van der Waals surface area contributed by atoms with Crippen molar-refractivity contribution >= 4 is 11.8 Å². The molecule has 0 radical (unpaired) electrons. The molecule has 0 aliphatic carbocycles. The van der Waals surface area contributed by atoms with Crippen molar-refractivity contribution in [3.05, 3.63) is 0 Å². The third kappa shape index (κ3) is 6.95. The zero-order valence-electron chi connectivity index (χ0n) is 8.34. The van der Waals surface area contributed by atoms with Crippen LogP contribution in [0.2, 0.25) is 0 Å². The van der Waals surface area contributed by atoms with Gasteiger partial charge in [0.05, 0.1) is 6.61 Å². The van der Waals surface area contributed by atoms with Gasteiger partial charge in [0.1, 0.15) is 0 Å². The minimum atomic E-state index is 0.292. The van der Waals surface area contributed by atoms with Crippen molar-refractivity contribution in [3.63, 3.8) is 0 Å². The predicted octanol–water partition coefficient (Wildman–Crippen LogP) is 1.49. The van der Waals surface area contributed by atoms with Crippen LogP contribution in [0.3, 0.4) is 0 Å². The maximum absolute atomic E-state index is 8.77. The molecule has 12 heavy (non-hydrogen) atoms. The van der Waals surface area contributed by atoms with Crippen LogP contribution in [0.15, 0.2) is 0 Å². The Labute approximate surface area is 80.1 Å². The molecule has 2 nitrogen and oxygen atoms in total. The van der Waals surface area contributed by atoms with Crippen molar-refractivity contribution in [2.75, 3.05) is 18.9 Å². The van der Waals surface area contributed by atoms with Gasteiger partial charge in [-0.25, -0.2) is 0 Å². The van der Waals surface area contributed by atoms with E-state index in [2.05, 4.69) is 26.1 Å². The third-order valence-corrected chi connectivity index (χ3v) is 2.95. The molecule has 0 saturated heterocycles. The van der Waals surface area contributed by atoms with Gasteiger partial charge in [-0.1, -0.05) is 13.8 Å². The molecule has 0 aromatic rings. The first-order valence-electron chi connectivity index (χ1n) is 4.66. The molecule has 0 rings (SSSR count). The monoisotopic (exact) mass is 191 g/mol. The van der Waals surface area contributed by atoms with Crippen LogP contribution in [-0.4, -0.2) is 35.3 Å². The van der Waals surface area contributed by atoms with Gasteiger partial charge in [-0.15, -0.1) is 0 Å². The van der Waals surface area contributed by atoms with Crippen molar-refractivity contribution in [2.24, 2.45) is 0 Å². The summed E-state index contributed by atoms with van der Waals surface area (Å²) >= 11 is 1.84. The molecule has 2 atom stereocenters. The van der Waals surface area contributed by atoms with Crippen molar-refractivity contribution < 1.29 is 5.11 Å². The molecule has 0 saturated carbocycles. The zero-order valence-corrected chi connectivity index (χ0v) is 9.16. The fourth-order valence-electron chi connectivity index (χ4n) is 0.949. The molecule has 2 unspecified atom stereocenters. The van der Waals surface area contributed by atoms with Gasteiger partial charge < -0.3 is 10.4 Å². The molecule has 0 fully saturated rings. The van der Waals surface area contributed by atoms with Crippen LogP contribution in [0, 0.1) is 0 Å². The zero-order chi connectivity index (χ0) is 9.40. The minimum Gasteiger partial charge on any atom is -0.395 e. The lowest BCUT2D eigenvalue weighted by Crippen LogP contribution is -2.26. The third-order valence-electron chi connectivity index (χ3n) is 1.76. The van der Waals surface area contributed by atoms with Gasteiger partial charge in [-0.3, -0.25) is 0 Å². The molecule has 0 aromatic heterocycles. The van der Waals surface area contributed by atoms with Gasteiger partial charge in [-0.2, -0.15) is 11.8 Å². The molecule has 0 aliphatic rings. The van der Waals surface area contributed by atoms with E-state index in [0.717, 1.165) is 12.3 Å². The highest BCUT2D eigenvalue weighted by Gasteiger charge is 2.02. The van der Waals surface area contributed by atoms with E-state index in [0.29, 0.717) is 17.9 Å². The molecule has 3 heteroatoms. The second-order valence-electron chi connectivity index (χ2n) is 3.11. The van der Waals surface area contributed by atoms with E-state index in [9.17, 15) is 0 Å². The number of aliphatic hydroxyl groups is 1. The Hall–Kier alpha value is 0.270. The van der Waals surface area contributed by atoms with Gasteiger partial charge in [0.15, 0.2) is 0 Å². The Bertz CT molecular complexity index is 101. The average Bonchev–Trinajstić information content (AvgIpc) is 2.04. The number of thioether (sulfide) groups is 1. The summed E-state index contributed by atoms with van der Waals surface area (Å²) in [7, 11) is 0. The fourth-order valence-corrected chi connectivity index (χ4v) is 1.95. The first kappa shape index (κ1) is 12.3. The van der Waals surface area contributed by atoms with Crippen molar-refractivity contribution in [2.45, 2.75) is 38.5 Å². The molecule has 2 N–H and O–H groups in total. The van der Waals surface area contributed by atoms with E-state index in [4.69, 9.17) is 5.11 Å². The minimum absolute atomic E-state index is 0.292. The van der Waals surface area contributed by atoms with Gasteiger partial charge in [0, 0.05) is 11.3 Å². The van der Waals surface area contributed by atoms with E-state index < -0.39 is 0 Å². The number of nitrogens with one attached hydrogen (secondary N) is 1. The highest BCUT2D eigenvalue weighted by Crippen LogP contribution is 2.11. The molecule has 0 aromatic carbocycles. The Balaban J connectivity index is 3.18. The van der Waals surface area contributed by atoms with Crippen molar-refractivity contribution in [3.8, 4) is 0 Å². The van der Waals surface area contributed by atoms with Gasteiger partial charge >= 0.3 is 0 Å². The standard InChI is InChI=1S/C9H21NOS/c1-4-10-8(2)5-6-12-9(3)7-11/h8-11H,4-7H2,1-3H3. The van der Waals surface area contributed by atoms with Crippen molar-refractivity contribution in [1.82, 2.24) is 5.32 Å². The normalized spacial score (nSPS) is 16.0. The van der Waals surface area contributed by atoms with Crippen LogP contribution < -0.4 is 5.32 Å². The highest BCUT2D eigenvalue weighted by molar-refractivity contribution is 7.99. The fraction of sp³-hybridized carbons (Fsp3) is 1.00. The van der Waals surface area contributed by atoms with Gasteiger partial charge in [0.2, 0.25) is 0 Å². The van der Waals surface area contributed by atoms with Crippen molar-refractivity contribution in [1.29, 1.82) is 0 Å². The number of hydrogen-bond donors (Lipinski definition) is 2. The lowest BCUT2D eigenvalue weighted by molar-refractivity contribution is 0.300. The predicted molar refractivity (Wildman–Crippen MR) is 56.8 cm³/mol. The summed E-state index contributed by atoms with van der Waals surface area (Å²) in [5.41, 5.74) is 0. The van der Waals surface area contributed by atoms with E-state index in [-0.39, 0.29) is 0 Å². The SMILES string of the molecule is CCNC(C)CCSC(C)CO. The lowest BCUT2D eigenvalue weighted by atomic mass is 10.3. The van der Waals surface area contributed by atoms with Crippen LogP contribution in [0.1, 0.15) is 27.2 Å². The summed E-state index contributed by atoms with van der Waals surface area (Å²) in [5, 5.41) is 12.5. The number of rotatable bonds is 7. The summed E-state index contributed by atoms with van der Waals surface area (Å²) in [6, 6.07) is 0.605. The number of aliphatic hydroxyl groups excluding tert-OH is 1. The Morgan fingerprint density at radius 2 is 2.08 bits per heavy atom. The molecule has 74 valence electrons. The Morgan fingerprint density at radius 1 is 1.42 bits per heavy atom. The maximum Gasteiger partial charge on any atom is 0.0547 e. The Morgan fingerprint density at radius 3 is 2.58 bits per heavy atom. The molecule has 0 aliphatic heterocycles.